The molecular formula is C15H17BO3. The van der Waals surface area contributed by atoms with Gasteiger partial charge in [0, 0.05) is 0 Å². The lowest BCUT2D eigenvalue weighted by molar-refractivity contribution is 0.306. The van der Waals surface area contributed by atoms with Crippen molar-refractivity contribution in [2.24, 2.45) is 0 Å². The highest BCUT2D eigenvalue weighted by Gasteiger charge is 2.15. The third-order valence-electron chi connectivity index (χ3n) is 2.92. The maximum atomic E-state index is 9.29. The van der Waals surface area contributed by atoms with Crippen LogP contribution in [0, 0.1) is 13.8 Å². The monoisotopic (exact) mass is 256 g/mol. The van der Waals surface area contributed by atoms with Gasteiger partial charge in [-0.1, -0.05) is 30.3 Å². The Morgan fingerprint density at radius 2 is 1.63 bits per heavy atom. The molecule has 0 spiro atoms. The topological polar surface area (TPSA) is 49.7 Å². The summed E-state index contributed by atoms with van der Waals surface area (Å²) < 4.78 is 5.72. The summed E-state index contributed by atoms with van der Waals surface area (Å²) in [7, 11) is -1.47. The van der Waals surface area contributed by atoms with Crippen molar-refractivity contribution >= 4 is 12.6 Å². The molecule has 0 fully saturated rings. The summed E-state index contributed by atoms with van der Waals surface area (Å²) >= 11 is 0. The molecule has 0 atom stereocenters. The van der Waals surface area contributed by atoms with E-state index >= 15 is 0 Å². The zero-order chi connectivity index (χ0) is 13.8. The average molecular weight is 256 g/mol. The van der Waals surface area contributed by atoms with Crippen LogP contribution in [-0.2, 0) is 6.61 Å². The van der Waals surface area contributed by atoms with E-state index in [0.29, 0.717) is 12.1 Å². The minimum atomic E-state index is -1.47. The van der Waals surface area contributed by atoms with Crippen molar-refractivity contribution in [1.82, 2.24) is 0 Å². The molecule has 2 aromatic carbocycles. The van der Waals surface area contributed by atoms with Gasteiger partial charge < -0.3 is 14.8 Å². The van der Waals surface area contributed by atoms with Crippen molar-refractivity contribution in [3.05, 3.63) is 59.2 Å². The molecule has 2 aromatic rings. The van der Waals surface area contributed by atoms with Crippen molar-refractivity contribution in [1.29, 1.82) is 0 Å². The van der Waals surface area contributed by atoms with Crippen LogP contribution in [0.3, 0.4) is 0 Å². The smallest absolute Gasteiger partial charge is 0.488 e. The Labute approximate surface area is 113 Å². The second kappa shape index (κ2) is 5.91. The molecule has 0 saturated heterocycles. The number of aryl methyl sites for hydroxylation is 2. The van der Waals surface area contributed by atoms with Crippen LogP contribution in [0.4, 0.5) is 0 Å². The van der Waals surface area contributed by atoms with Gasteiger partial charge in [-0.3, -0.25) is 0 Å². The molecule has 4 heteroatoms. The van der Waals surface area contributed by atoms with E-state index < -0.39 is 7.12 Å². The fourth-order valence-corrected chi connectivity index (χ4v) is 2.09. The summed E-state index contributed by atoms with van der Waals surface area (Å²) in [5.41, 5.74) is 3.54. The van der Waals surface area contributed by atoms with Crippen molar-refractivity contribution in [3.8, 4) is 5.75 Å². The maximum absolute atomic E-state index is 9.29. The molecule has 0 unspecified atom stereocenters. The molecule has 0 saturated carbocycles. The predicted octanol–water partition coefficient (Wildman–Crippen LogP) is 1.56. The van der Waals surface area contributed by atoms with E-state index in [9.17, 15) is 10.0 Å². The molecule has 0 radical (unpaired) electrons. The van der Waals surface area contributed by atoms with Crippen molar-refractivity contribution < 1.29 is 14.8 Å². The van der Waals surface area contributed by atoms with Gasteiger partial charge in [0.2, 0.25) is 0 Å². The van der Waals surface area contributed by atoms with Crippen molar-refractivity contribution in [2.45, 2.75) is 20.5 Å². The molecule has 0 heterocycles. The van der Waals surface area contributed by atoms with Crippen LogP contribution in [0.2, 0.25) is 0 Å². The van der Waals surface area contributed by atoms with E-state index in [0.717, 1.165) is 22.4 Å². The summed E-state index contributed by atoms with van der Waals surface area (Å²) in [5.74, 6) is 0.791. The van der Waals surface area contributed by atoms with Gasteiger partial charge in [0.15, 0.2) is 0 Å². The quantitative estimate of drug-likeness (QED) is 0.816. The first-order chi connectivity index (χ1) is 9.06. The van der Waals surface area contributed by atoms with Crippen LogP contribution in [0.1, 0.15) is 16.7 Å². The molecule has 0 amide bonds. The molecule has 0 aromatic heterocycles. The van der Waals surface area contributed by atoms with Crippen molar-refractivity contribution in [3.63, 3.8) is 0 Å². The minimum Gasteiger partial charge on any atom is -0.489 e. The second-order valence-corrected chi connectivity index (χ2v) is 4.68. The van der Waals surface area contributed by atoms with Gasteiger partial charge in [-0.2, -0.15) is 0 Å². The van der Waals surface area contributed by atoms with Crippen LogP contribution in [0.25, 0.3) is 0 Å². The van der Waals surface area contributed by atoms with E-state index in [2.05, 4.69) is 6.07 Å². The predicted molar refractivity (Wildman–Crippen MR) is 76.5 cm³/mol. The molecule has 0 aliphatic carbocycles. The Hall–Kier alpha value is -1.78. The van der Waals surface area contributed by atoms with Crippen LogP contribution in [0.5, 0.6) is 5.75 Å². The number of benzene rings is 2. The first kappa shape index (κ1) is 13.7. The first-order valence-electron chi connectivity index (χ1n) is 6.21. The Balaban J connectivity index is 2.14. The SMILES string of the molecule is Cc1cc(C)cc(OCc2ccccc2B(O)O)c1. The summed E-state index contributed by atoms with van der Waals surface area (Å²) in [6.45, 7) is 4.35. The minimum absolute atomic E-state index is 0.316. The van der Waals surface area contributed by atoms with Gasteiger partial charge in [-0.05, 0) is 48.1 Å². The molecule has 2 N–H and O–H groups in total. The molecule has 19 heavy (non-hydrogen) atoms. The molecule has 98 valence electrons. The normalized spacial score (nSPS) is 10.3. The number of hydrogen-bond acceptors (Lipinski definition) is 3. The molecule has 0 bridgehead atoms. The first-order valence-corrected chi connectivity index (χ1v) is 6.21. The van der Waals surface area contributed by atoms with Gasteiger partial charge in [0.05, 0.1) is 0 Å². The van der Waals surface area contributed by atoms with E-state index in [1.54, 1.807) is 12.1 Å². The Bertz CT molecular complexity index is 547. The number of ether oxygens (including phenoxy) is 1. The molecular weight excluding hydrogens is 239 g/mol. The van der Waals surface area contributed by atoms with E-state index in [1.165, 1.54) is 0 Å². The fourth-order valence-electron chi connectivity index (χ4n) is 2.09. The third-order valence-corrected chi connectivity index (χ3v) is 2.92. The lowest BCUT2D eigenvalue weighted by Gasteiger charge is -2.11. The molecule has 0 aliphatic rings. The molecule has 0 aliphatic heterocycles. The summed E-state index contributed by atoms with van der Waals surface area (Å²) in [6.07, 6.45) is 0. The van der Waals surface area contributed by atoms with Crippen LogP contribution < -0.4 is 10.2 Å². The Morgan fingerprint density at radius 3 is 2.26 bits per heavy atom. The van der Waals surface area contributed by atoms with Gasteiger partial charge in [0.25, 0.3) is 0 Å². The zero-order valence-electron chi connectivity index (χ0n) is 11.1. The van der Waals surface area contributed by atoms with Gasteiger partial charge >= 0.3 is 7.12 Å². The number of rotatable bonds is 4. The van der Waals surface area contributed by atoms with E-state index in [-0.39, 0.29) is 0 Å². The molecule has 3 nitrogen and oxygen atoms in total. The van der Waals surface area contributed by atoms with Crippen LogP contribution in [0.15, 0.2) is 42.5 Å². The van der Waals surface area contributed by atoms with Gasteiger partial charge in [-0.25, -0.2) is 0 Å². The fraction of sp³-hybridized carbons (Fsp3) is 0.200. The Kier molecular flexibility index (Phi) is 4.25. The third kappa shape index (κ3) is 3.59. The van der Waals surface area contributed by atoms with E-state index in [4.69, 9.17) is 4.74 Å². The lowest BCUT2D eigenvalue weighted by atomic mass is 9.77. The largest absolute Gasteiger partial charge is 0.489 e. The van der Waals surface area contributed by atoms with E-state index in [1.807, 2.05) is 38.1 Å². The van der Waals surface area contributed by atoms with Gasteiger partial charge in [0.1, 0.15) is 12.4 Å². The zero-order valence-corrected chi connectivity index (χ0v) is 11.1. The standard InChI is InChI=1S/C15H17BO3/c1-11-7-12(2)9-14(8-11)19-10-13-5-3-4-6-15(13)16(17)18/h3-9,17-18H,10H2,1-2H3. The highest BCUT2D eigenvalue weighted by Crippen LogP contribution is 2.17. The number of hydrogen-bond donors (Lipinski definition) is 2. The second-order valence-electron chi connectivity index (χ2n) is 4.68. The van der Waals surface area contributed by atoms with Gasteiger partial charge in [-0.15, -0.1) is 0 Å². The van der Waals surface area contributed by atoms with Crippen LogP contribution in [-0.4, -0.2) is 17.2 Å². The lowest BCUT2D eigenvalue weighted by Crippen LogP contribution is -2.33. The highest BCUT2D eigenvalue weighted by atomic mass is 16.5. The maximum Gasteiger partial charge on any atom is 0.488 e. The van der Waals surface area contributed by atoms with Crippen molar-refractivity contribution in [2.75, 3.05) is 0 Å². The summed E-state index contributed by atoms with van der Waals surface area (Å²) in [4.78, 5) is 0. The highest BCUT2D eigenvalue weighted by molar-refractivity contribution is 6.59. The molecule has 2 rings (SSSR count). The summed E-state index contributed by atoms with van der Waals surface area (Å²) in [5, 5.41) is 18.6. The Morgan fingerprint density at radius 1 is 1.00 bits per heavy atom. The summed E-state index contributed by atoms with van der Waals surface area (Å²) in [6, 6.07) is 13.2. The average Bonchev–Trinajstić information content (AvgIpc) is 2.35. The van der Waals surface area contributed by atoms with Crippen LogP contribution >= 0.6 is 0 Å².